The molecule has 4 rings (SSSR count). The van der Waals surface area contributed by atoms with Crippen molar-refractivity contribution < 1.29 is 23.8 Å². The Kier molecular flexibility index (Phi) is 5.05. The highest BCUT2D eigenvalue weighted by atomic mass is 16.5. The molecular weight excluding hydrogens is 372 g/mol. The number of fused-ring (bicyclic) bond motifs is 1. The fraction of sp³-hybridized carbons (Fsp3) is 0.364. The van der Waals surface area contributed by atoms with Gasteiger partial charge in [-0.25, -0.2) is 0 Å². The van der Waals surface area contributed by atoms with Gasteiger partial charge in [0.25, 0.3) is 5.91 Å². The van der Waals surface area contributed by atoms with Crippen molar-refractivity contribution >= 4 is 23.2 Å². The van der Waals surface area contributed by atoms with Crippen molar-refractivity contribution in [3.05, 3.63) is 41.5 Å². The van der Waals surface area contributed by atoms with Crippen molar-refractivity contribution in [1.82, 2.24) is 0 Å². The van der Waals surface area contributed by atoms with Crippen LogP contribution in [0.2, 0.25) is 0 Å². The van der Waals surface area contributed by atoms with E-state index in [9.17, 15) is 9.59 Å². The van der Waals surface area contributed by atoms with E-state index in [0.29, 0.717) is 35.0 Å². The van der Waals surface area contributed by atoms with Crippen molar-refractivity contribution in [2.75, 3.05) is 38.1 Å². The number of nitrogens with zero attached hydrogens (tertiary/aromatic N) is 1. The average molecular weight is 396 g/mol. The lowest BCUT2D eigenvalue weighted by molar-refractivity contribution is -0.119. The Bertz CT molecular complexity index is 943. The fourth-order valence-corrected chi connectivity index (χ4v) is 3.67. The van der Waals surface area contributed by atoms with Gasteiger partial charge in [-0.3, -0.25) is 9.59 Å². The zero-order valence-electron chi connectivity index (χ0n) is 16.8. The molecule has 0 atom stereocenters. The van der Waals surface area contributed by atoms with Gasteiger partial charge in [0.05, 0.1) is 21.3 Å². The number of hydrogen-bond donors (Lipinski definition) is 1. The highest BCUT2D eigenvalue weighted by Crippen LogP contribution is 2.39. The van der Waals surface area contributed by atoms with E-state index < -0.39 is 0 Å². The molecule has 29 heavy (non-hydrogen) atoms. The Morgan fingerprint density at radius 2 is 1.69 bits per heavy atom. The summed E-state index contributed by atoms with van der Waals surface area (Å²) in [5.74, 6) is 1.40. The van der Waals surface area contributed by atoms with Crippen LogP contribution in [0.5, 0.6) is 17.2 Å². The molecule has 0 aromatic heterocycles. The van der Waals surface area contributed by atoms with E-state index in [0.717, 1.165) is 30.5 Å². The number of carbonyl (C=O) groups is 2. The molecule has 0 bridgehead atoms. The van der Waals surface area contributed by atoms with Crippen molar-refractivity contribution in [3.8, 4) is 17.2 Å². The SMILES string of the molecule is COc1cc(C(=O)Nc2ccc3c(c2)CCN3C(=O)C2CC2)cc(OC)c1OC. The molecular formula is C22H24N2O5. The number of anilines is 2. The molecule has 0 spiro atoms. The van der Waals surface area contributed by atoms with E-state index in [-0.39, 0.29) is 17.7 Å². The summed E-state index contributed by atoms with van der Waals surface area (Å²) in [6.45, 7) is 0.703. The first-order valence-electron chi connectivity index (χ1n) is 9.61. The Morgan fingerprint density at radius 3 is 2.28 bits per heavy atom. The Hall–Kier alpha value is -3.22. The second-order valence-corrected chi connectivity index (χ2v) is 7.23. The lowest BCUT2D eigenvalue weighted by Crippen LogP contribution is -2.30. The molecule has 2 aromatic rings. The molecule has 2 aliphatic rings. The summed E-state index contributed by atoms with van der Waals surface area (Å²) in [7, 11) is 4.53. The second kappa shape index (κ2) is 7.66. The first-order valence-corrected chi connectivity index (χ1v) is 9.61. The van der Waals surface area contributed by atoms with Crippen molar-refractivity contribution in [1.29, 1.82) is 0 Å². The summed E-state index contributed by atoms with van der Waals surface area (Å²) < 4.78 is 15.9. The number of ether oxygens (including phenoxy) is 3. The molecule has 0 saturated heterocycles. The van der Waals surface area contributed by atoms with Gasteiger partial charge in [-0.05, 0) is 55.2 Å². The molecule has 1 heterocycles. The van der Waals surface area contributed by atoms with Crippen LogP contribution in [-0.4, -0.2) is 39.7 Å². The maximum Gasteiger partial charge on any atom is 0.255 e. The van der Waals surface area contributed by atoms with Gasteiger partial charge in [-0.2, -0.15) is 0 Å². The van der Waals surface area contributed by atoms with Crippen LogP contribution < -0.4 is 24.4 Å². The number of benzene rings is 2. The molecule has 0 radical (unpaired) electrons. The zero-order valence-corrected chi connectivity index (χ0v) is 16.8. The quantitative estimate of drug-likeness (QED) is 0.811. The molecule has 7 heteroatoms. The van der Waals surface area contributed by atoms with Crippen LogP contribution >= 0.6 is 0 Å². The lowest BCUT2D eigenvalue weighted by Gasteiger charge is -2.17. The molecule has 7 nitrogen and oxygen atoms in total. The highest BCUT2D eigenvalue weighted by Gasteiger charge is 2.36. The summed E-state index contributed by atoms with van der Waals surface area (Å²) in [5, 5.41) is 2.91. The predicted molar refractivity (Wildman–Crippen MR) is 109 cm³/mol. The molecule has 1 aliphatic carbocycles. The maximum atomic E-state index is 12.8. The normalized spacial score (nSPS) is 14.9. The molecule has 1 N–H and O–H groups in total. The van der Waals surface area contributed by atoms with E-state index in [1.165, 1.54) is 21.3 Å². The maximum absolute atomic E-state index is 12.8. The smallest absolute Gasteiger partial charge is 0.255 e. The molecule has 1 fully saturated rings. The van der Waals surface area contributed by atoms with Crippen LogP contribution in [0.4, 0.5) is 11.4 Å². The van der Waals surface area contributed by atoms with Crippen molar-refractivity contribution in [3.63, 3.8) is 0 Å². The van der Waals surface area contributed by atoms with Crippen LogP contribution in [0.25, 0.3) is 0 Å². The summed E-state index contributed by atoms with van der Waals surface area (Å²) in [5.41, 5.74) is 3.10. The number of rotatable bonds is 6. The van der Waals surface area contributed by atoms with Crippen LogP contribution in [0, 0.1) is 5.92 Å². The minimum Gasteiger partial charge on any atom is -0.493 e. The van der Waals surface area contributed by atoms with E-state index >= 15 is 0 Å². The minimum absolute atomic E-state index is 0.195. The molecule has 152 valence electrons. The van der Waals surface area contributed by atoms with E-state index in [4.69, 9.17) is 14.2 Å². The van der Waals surface area contributed by atoms with E-state index in [1.807, 2.05) is 23.1 Å². The summed E-state index contributed by atoms with van der Waals surface area (Å²) in [6, 6.07) is 8.90. The number of carbonyl (C=O) groups excluding carboxylic acids is 2. The first-order chi connectivity index (χ1) is 14.0. The van der Waals surface area contributed by atoms with Gasteiger partial charge in [-0.15, -0.1) is 0 Å². The number of amides is 2. The van der Waals surface area contributed by atoms with Crippen molar-refractivity contribution in [2.45, 2.75) is 19.3 Å². The molecule has 1 aliphatic heterocycles. The van der Waals surface area contributed by atoms with Gasteiger partial charge >= 0.3 is 0 Å². The summed E-state index contributed by atoms with van der Waals surface area (Å²) in [6.07, 6.45) is 2.78. The predicted octanol–water partition coefficient (Wildman–Crippen LogP) is 3.26. The fourth-order valence-electron chi connectivity index (χ4n) is 3.67. The highest BCUT2D eigenvalue weighted by molar-refractivity contribution is 6.05. The number of methoxy groups -OCH3 is 3. The average Bonchev–Trinajstić information content (AvgIpc) is 3.51. The Labute approximate surface area is 169 Å². The summed E-state index contributed by atoms with van der Waals surface area (Å²) >= 11 is 0. The van der Waals surface area contributed by atoms with Gasteiger partial charge in [0, 0.05) is 29.4 Å². The summed E-state index contributed by atoms with van der Waals surface area (Å²) in [4.78, 5) is 27.1. The monoisotopic (exact) mass is 396 g/mol. The number of hydrogen-bond acceptors (Lipinski definition) is 5. The molecule has 2 aromatic carbocycles. The third kappa shape index (κ3) is 3.60. The Balaban J connectivity index is 1.54. The van der Waals surface area contributed by atoms with E-state index in [1.54, 1.807) is 12.1 Å². The van der Waals surface area contributed by atoms with Gasteiger partial charge < -0.3 is 24.4 Å². The topological polar surface area (TPSA) is 77.1 Å². The first kappa shape index (κ1) is 19.1. The second-order valence-electron chi connectivity index (χ2n) is 7.23. The van der Waals surface area contributed by atoms with Gasteiger partial charge in [0.15, 0.2) is 11.5 Å². The minimum atomic E-state index is -0.284. The molecule has 0 unspecified atom stereocenters. The largest absolute Gasteiger partial charge is 0.493 e. The number of nitrogens with one attached hydrogen (secondary N) is 1. The van der Waals surface area contributed by atoms with Crippen LogP contribution in [0.3, 0.4) is 0 Å². The third-order valence-corrected chi connectivity index (χ3v) is 5.35. The van der Waals surface area contributed by atoms with Crippen LogP contribution in [0.15, 0.2) is 30.3 Å². The standard InChI is InChI=1S/C22H24N2O5/c1-27-18-11-15(12-19(28-2)20(18)29-3)21(25)23-16-6-7-17-14(10-16)8-9-24(17)22(26)13-4-5-13/h6-7,10-13H,4-5,8-9H2,1-3H3,(H,23,25). The molecule has 2 amide bonds. The lowest BCUT2D eigenvalue weighted by atomic mass is 10.1. The van der Waals surface area contributed by atoms with Crippen molar-refractivity contribution in [2.24, 2.45) is 5.92 Å². The van der Waals surface area contributed by atoms with Crippen LogP contribution in [-0.2, 0) is 11.2 Å². The Morgan fingerprint density at radius 1 is 1.00 bits per heavy atom. The third-order valence-electron chi connectivity index (χ3n) is 5.35. The van der Waals surface area contributed by atoms with Gasteiger partial charge in [0.1, 0.15) is 0 Å². The molecule has 1 saturated carbocycles. The van der Waals surface area contributed by atoms with Gasteiger partial charge in [-0.1, -0.05) is 0 Å². The zero-order chi connectivity index (χ0) is 20.5. The van der Waals surface area contributed by atoms with E-state index in [2.05, 4.69) is 5.32 Å². The van der Waals surface area contributed by atoms with Crippen LogP contribution in [0.1, 0.15) is 28.8 Å². The van der Waals surface area contributed by atoms with Gasteiger partial charge in [0.2, 0.25) is 11.7 Å².